The van der Waals surface area contributed by atoms with E-state index < -0.39 is 29.8 Å². The number of rotatable bonds is 4. The van der Waals surface area contributed by atoms with Gasteiger partial charge in [-0.15, -0.1) is 0 Å². The molecule has 6 nitrogen and oxygen atoms in total. The summed E-state index contributed by atoms with van der Waals surface area (Å²) in [5, 5.41) is 15.5. The predicted molar refractivity (Wildman–Crippen MR) is 93.5 cm³/mol. The van der Waals surface area contributed by atoms with Crippen LogP contribution in [0.25, 0.3) is 0 Å². The van der Waals surface area contributed by atoms with Crippen molar-refractivity contribution in [3.8, 4) is 0 Å². The van der Waals surface area contributed by atoms with Crippen molar-refractivity contribution in [2.45, 2.75) is 18.3 Å². The molecule has 3 rings (SSSR count). The lowest BCUT2D eigenvalue weighted by Gasteiger charge is -2.28. The Kier molecular flexibility index (Phi) is 5.66. The highest BCUT2D eigenvalue weighted by molar-refractivity contribution is 6.04. The van der Waals surface area contributed by atoms with Crippen LogP contribution in [0, 0.1) is 0 Å². The number of halogens is 3. The Balaban J connectivity index is 1.63. The zero-order valence-electron chi connectivity index (χ0n) is 14.5. The zero-order valence-corrected chi connectivity index (χ0v) is 14.5. The maximum atomic E-state index is 12.6. The molecule has 2 aromatic carbocycles. The van der Waals surface area contributed by atoms with Gasteiger partial charge < -0.3 is 20.5 Å². The van der Waals surface area contributed by atoms with Crippen molar-refractivity contribution in [2.24, 2.45) is 0 Å². The first-order valence-electron chi connectivity index (χ1n) is 8.38. The quantitative estimate of drug-likeness (QED) is 0.744. The van der Waals surface area contributed by atoms with Gasteiger partial charge >= 0.3 is 6.18 Å². The predicted octanol–water partition coefficient (Wildman–Crippen LogP) is 2.51. The number of carbonyl (C=O) groups excluding carboxylic acids is 2. The molecule has 0 radical (unpaired) electrons. The van der Waals surface area contributed by atoms with Gasteiger partial charge in [0.2, 0.25) is 5.91 Å². The van der Waals surface area contributed by atoms with Gasteiger partial charge in [0, 0.05) is 11.3 Å². The molecule has 1 aliphatic heterocycles. The number of morpholine rings is 1. The lowest BCUT2D eigenvalue weighted by atomic mass is 10.0. The van der Waals surface area contributed by atoms with Crippen LogP contribution in [0.4, 0.5) is 18.9 Å². The van der Waals surface area contributed by atoms with Gasteiger partial charge in [-0.1, -0.05) is 12.1 Å². The summed E-state index contributed by atoms with van der Waals surface area (Å²) in [5.41, 5.74) is 0.174. The summed E-state index contributed by atoms with van der Waals surface area (Å²) in [6.07, 6.45) is -5.45. The third-order valence-electron chi connectivity index (χ3n) is 4.24. The van der Waals surface area contributed by atoms with Gasteiger partial charge in [-0.25, -0.2) is 0 Å². The van der Waals surface area contributed by atoms with E-state index in [4.69, 9.17) is 4.74 Å². The minimum absolute atomic E-state index is 0.0435. The normalized spacial score (nSPS) is 18.3. The molecule has 0 aromatic heterocycles. The highest BCUT2D eigenvalue weighted by Crippen LogP contribution is 2.29. The molecule has 2 atom stereocenters. The van der Waals surface area contributed by atoms with Crippen molar-refractivity contribution in [1.29, 1.82) is 0 Å². The van der Waals surface area contributed by atoms with Crippen LogP contribution in [0.3, 0.4) is 0 Å². The fourth-order valence-corrected chi connectivity index (χ4v) is 2.75. The van der Waals surface area contributed by atoms with E-state index in [9.17, 15) is 27.9 Å². The smallest absolute Gasteiger partial charge is 0.386 e. The number of ether oxygens (including phenoxy) is 1. The van der Waals surface area contributed by atoms with Crippen molar-refractivity contribution in [1.82, 2.24) is 5.32 Å². The summed E-state index contributed by atoms with van der Waals surface area (Å²) in [6, 6.07) is 9.56. The number of nitrogens with one attached hydrogen (secondary N) is 2. The molecule has 148 valence electrons. The summed E-state index contributed by atoms with van der Waals surface area (Å²) in [6.45, 7) is 0.136. The Hall–Kier alpha value is -2.91. The number of benzene rings is 2. The van der Waals surface area contributed by atoms with E-state index >= 15 is 0 Å². The topological polar surface area (TPSA) is 87.7 Å². The van der Waals surface area contributed by atoms with Crippen molar-refractivity contribution in [3.05, 3.63) is 65.2 Å². The molecule has 9 heteroatoms. The number of aliphatic hydroxyl groups excluding tert-OH is 1. The van der Waals surface area contributed by atoms with Crippen LogP contribution in [0.15, 0.2) is 48.5 Å². The first-order chi connectivity index (χ1) is 13.2. The molecule has 3 N–H and O–H groups in total. The molecule has 0 bridgehead atoms. The zero-order chi connectivity index (χ0) is 20.3. The molecular formula is C19H17F3N2O4. The second kappa shape index (κ2) is 7.99. The SMILES string of the molecule is O=C1COCC(C(O)c2ccc(NC(=O)c3ccc(C(F)(F)F)cc3)cc2)N1. The van der Waals surface area contributed by atoms with Crippen molar-refractivity contribution in [3.63, 3.8) is 0 Å². The van der Waals surface area contributed by atoms with Crippen molar-refractivity contribution in [2.75, 3.05) is 18.5 Å². The highest BCUT2D eigenvalue weighted by atomic mass is 19.4. The first-order valence-corrected chi connectivity index (χ1v) is 8.38. The molecule has 28 heavy (non-hydrogen) atoms. The minimum Gasteiger partial charge on any atom is -0.386 e. The van der Waals surface area contributed by atoms with Crippen LogP contribution >= 0.6 is 0 Å². The van der Waals surface area contributed by atoms with E-state index in [0.29, 0.717) is 11.3 Å². The summed E-state index contributed by atoms with van der Waals surface area (Å²) in [7, 11) is 0. The number of aliphatic hydroxyl groups is 1. The number of alkyl halides is 3. The van der Waals surface area contributed by atoms with E-state index in [1.807, 2.05) is 0 Å². The maximum Gasteiger partial charge on any atom is 0.416 e. The van der Waals surface area contributed by atoms with Crippen LogP contribution in [0.1, 0.15) is 27.6 Å². The first kappa shape index (κ1) is 19.8. The fourth-order valence-electron chi connectivity index (χ4n) is 2.75. The molecular weight excluding hydrogens is 377 g/mol. The molecule has 0 spiro atoms. The number of anilines is 1. The third-order valence-corrected chi connectivity index (χ3v) is 4.24. The monoisotopic (exact) mass is 394 g/mol. The number of amides is 2. The van der Waals surface area contributed by atoms with E-state index in [1.165, 1.54) is 0 Å². The van der Waals surface area contributed by atoms with Crippen LogP contribution in [0.2, 0.25) is 0 Å². The lowest BCUT2D eigenvalue weighted by Crippen LogP contribution is -2.48. The molecule has 1 saturated heterocycles. The van der Waals surface area contributed by atoms with Gasteiger partial charge in [0.25, 0.3) is 5.91 Å². The van der Waals surface area contributed by atoms with Crippen LogP contribution in [-0.2, 0) is 15.7 Å². The van der Waals surface area contributed by atoms with Gasteiger partial charge in [-0.05, 0) is 42.0 Å². The Morgan fingerprint density at radius 1 is 1.14 bits per heavy atom. The molecule has 2 amide bonds. The lowest BCUT2D eigenvalue weighted by molar-refractivity contribution is -0.137. The second-order valence-corrected chi connectivity index (χ2v) is 6.29. The maximum absolute atomic E-state index is 12.6. The van der Waals surface area contributed by atoms with E-state index in [1.54, 1.807) is 24.3 Å². The number of carbonyl (C=O) groups is 2. The van der Waals surface area contributed by atoms with Gasteiger partial charge in [0.15, 0.2) is 0 Å². The standard InChI is InChI=1S/C19H17F3N2O4/c20-19(21,22)13-5-1-12(2-6-13)18(27)23-14-7-3-11(4-8-14)17(26)15-9-28-10-16(25)24-15/h1-8,15,17,26H,9-10H2,(H,23,27)(H,24,25). The van der Waals surface area contributed by atoms with Gasteiger partial charge in [-0.2, -0.15) is 13.2 Å². The third kappa shape index (κ3) is 4.68. The largest absolute Gasteiger partial charge is 0.416 e. The minimum atomic E-state index is -4.46. The molecule has 0 aliphatic carbocycles. The van der Waals surface area contributed by atoms with Crippen LogP contribution < -0.4 is 10.6 Å². The molecule has 1 aliphatic rings. The van der Waals surface area contributed by atoms with E-state index in [0.717, 1.165) is 24.3 Å². The van der Waals surface area contributed by atoms with E-state index in [2.05, 4.69) is 10.6 Å². The molecule has 2 aromatic rings. The van der Waals surface area contributed by atoms with Gasteiger partial charge in [-0.3, -0.25) is 9.59 Å². The second-order valence-electron chi connectivity index (χ2n) is 6.29. The Labute approximate surface area is 158 Å². The highest BCUT2D eigenvalue weighted by Gasteiger charge is 2.30. The van der Waals surface area contributed by atoms with Gasteiger partial charge in [0.05, 0.1) is 18.2 Å². The number of hydrogen-bond acceptors (Lipinski definition) is 4. The molecule has 2 unspecified atom stereocenters. The molecule has 1 fully saturated rings. The van der Waals surface area contributed by atoms with Crippen LogP contribution in [0.5, 0.6) is 0 Å². The average Bonchev–Trinajstić information content (AvgIpc) is 2.67. The Morgan fingerprint density at radius 2 is 1.79 bits per heavy atom. The summed E-state index contributed by atoms with van der Waals surface area (Å²) in [5.74, 6) is -0.870. The van der Waals surface area contributed by atoms with E-state index in [-0.39, 0.29) is 24.7 Å². The van der Waals surface area contributed by atoms with Crippen molar-refractivity contribution < 1.29 is 32.6 Å². The van der Waals surface area contributed by atoms with Crippen molar-refractivity contribution >= 4 is 17.5 Å². The average molecular weight is 394 g/mol. The van der Waals surface area contributed by atoms with Crippen LogP contribution in [-0.4, -0.2) is 36.2 Å². The molecule has 0 saturated carbocycles. The summed E-state index contributed by atoms with van der Waals surface area (Å²) in [4.78, 5) is 23.5. The Bertz CT molecular complexity index is 851. The van der Waals surface area contributed by atoms with Gasteiger partial charge in [0.1, 0.15) is 12.7 Å². The number of hydrogen-bond donors (Lipinski definition) is 3. The fraction of sp³-hybridized carbons (Fsp3) is 0.263. The Morgan fingerprint density at radius 3 is 2.36 bits per heavy atom. The molecule has 1 heterocycles. The summed E-state index contributed by atoms with van der Waals surface area (Å²) >= 11 is 0. The summed E-state index contributed by atoms with van der Waals surface area (Å²) < 4.78 is 42.8.